The number of amides is 1. The number of oxime groups is 1. The standard InChI is InChI=1S/C10H10N4O4/c15-9(8-4-7(10(16)17)14-18-8)11-5-6-2-1-3-12-13-6/h1-3,8H,4-5H2,(H,11,15)(H,16,17). The van der Waals surface area contributed by atoms with E-state index in [2.05, 4.69) is 20.7 Å². The molecule has 94 valence electrons. The van der Waals surface area contributed by atoms with Crippen molar-refractivity contribution in [2.75, 3.05) is 0 Å². The van der Waals surface area contributed by atoms with Gasteiger partial charge >= 0.3 is 5.97 Å². The summed E-state index contributed by atoms with van der Waals surface area (Å²) in [5, 5.41) is 22.0. The number of hydrogen-bond acceptors (Lipinski definition) is 6. The van der Waals surface area contributed by atoms with Crippen molar-refractivity contribution in [1.82, 2.24) is 15.5 Å². The number of aromatic nitrogens is 2. The van der Waals surface area contributed by atoms with Gasteiger partial charge in [0.25, 0.3) is 5.91 Å². The van der Waals surface area contributed by atoms with Crippen molar-refractivity contribution in [2.45, 2.75) is 19.1 Å². The molecule has 1 unspecified atom stereocenters. The van der Waals surface area contributed by atoms with E-state index in [9.17, 15) is 9.59 Å². The van der Waals surface area contributed by atoms with Crippen LogP contribution in [0.1, 0.15) is 12.1 Å². The normalized spacial score (nSPS) is 17.8. The van der Waals surface area contributed by atoms with E-state index in [-0.39, 0.29) is 18.7 Å². The average molecular weight is 250 g/mol. The third-order valence-corrected chi connectivity index (χ3v) is 2.28. The van der Waals surface area contributed by atoms with Gasteiger partial charge in [-0.1, -0.05) is 5.16 Å². The van der Waals surface area contributed by atoms with Gasteiger partial charge in [-0.25, -0.2) is 4.79 Å². The Morgan fingerprint density at radius 1 is 1.56 bits per heavy atom. The maximum absolute atomic E-state index is 11.6. The molecule has 1 aromatic rings. The summed E-state index contributed by atoms with van der Waals surface area (Å²) < 4.78 is 0. The van der Waals surface area contributed by atoms with Crippen LogP contribution in [0.3, 0.4) is 0 Å². The molecule has 8 heteroatoms. The molecule has 0 bridgehead atoms. The largest absolute Gasteiger partial charge is 0.477 e. The molecule has 0 aliphatic carbocycles. The Hall–Kier alpha value is -2.51. The lowest BCUT2D eigenvalue weighted by molar-refractivity contribution is -0.131. The van der Waals surface area contributed by atoms with Gasteiger partial charge in [0.1, 0.15) is 0 Å². The number of nitrogens with one attached hydrogen (secondary N) is 1. The summed E-state index contributed by atoms with van der Waals surface area (Å²) in [5.74, 6) is -1.61. The fraction of sp³-hybridized carbons (Fsp3) is 0.300. The smallest absolute Gasteiger partial charge is 0.353 e. The Kier molecular flexibility index (Phi) is 3.46. The molecule has 8 nitrogen and oxygen atoms in total. The van der Waals surface area contributed by atoms with Crippen molar-refractivity contribution in [2.24, 2.45) is 5.16 Å². The second-order valence-electron chi connectivity index (χ2n) is 3.57. The Bertz CT molecular complexity index is 488. The van der Waals surface area contributed by atoms with Gasteiger partial charge in [-0.3, -0.25) is 4.79 Å². The fourth-order valence-electron chi connectivity index (χ4n) is 1.36. The first-order valence-corrected chi connectivity index (χ1v) is 5.17. The number of aliphatic carboxylic acids is 1. The van der Waals surface area contributed by atoms with Crippen LogP contribution in [0.15, 0.2) is 23.5 Å². The summed E-state index contributed by atoms with van der Waals surface area (Å²) in [7, 11) is 0. The predicted octanol–water partition coefficient (Wildman–Crippen LogP) is -0.678. The molecule has 0 saturated carbocycles. The van der Waals surface area contributed by atoms with Crippen LogP contribution in [0.5, 0.6) is 0 Å². The van der Waals surface area contributed by atoms with Crippen molar-refractivity contribution in [3.8, 4) is 0 Å². The highest BCUT2D eigenvalue weighted by atomic mass is 16.6. The third-order valence-electron chi connectivity index (χ3n) is 2.28. The summed E-state index contributed by atoms with van der Waals surface area (Å²) in [5.41, 5.74) is 0.442. The molecule has 1 amide bonds. The van der Waals surface area contributed by atoms with Gasteiger partial charge in [-0.05, 0) is 12.1 Å². The number of carbonyl (C=O) groups is 2. The number of nitrogens with zero attached hydrogens (tertiary/aromatic N) is 3. The van der Waals surface area contributed by atoms with Gasteiger partial charge < -0.3 is 15.3 Å². The molecule has 1 aromatic heterocycles. The minimum absolute atomic E-state index is 0.0400. The highest BCUT2D eigenvalue weighted by Gasteiger charge is 2.31. The lowest BCUT2D eigenvalue weighted by Gasteiger charge is -2.08. The number of hydrogen-bond donors (Lipinski definition) is 2. The molecule has 2 heterocycles. The van der Waals surface area contributed by atoms with Crippen molar-refractivity contribution in [3.05, 3.63) is 24.0 Å². The second kappa shape index (κ2) is 5.21. The van der Waals surface area contributed by atoms with Gasteiger partial charge in [0.15, 0.2) is 5.71 Å². The van der Waals surface area contributed by atoms with Crippen LogP contribution in [0.25, 0.3) is 0 Å². The van der Waals surface area contributed by atoms with Crippen molar-refractivity contribution < 1.29 is 19.5 Å². The molecule has 18 heavy (non-hydrogen) atoms. The molecule has 1 aliphatic heterocycles. The zero-order chi connectivity index (χ0) is 13.0. The molecule has 0 saturated heterocycles. The minimum atomic E-state index is -1.18. The molecule has 1 atom stereocenters. The Labute approximate surface area is 102 Å². The molecule has 0 aromatic carbocycles. The summed E-state index contributed by atoms with van der Waals surface area (Å²) in [4.78, 5) is 27.0. The Morgan fingerprint density at radius 3 is 3.00 bits per heavy atom. The number of carboxylic acids is 1. The van der Waals surface area contributed by atoms with Crippen LogP contribution < -0.4 is 5.32 Å². The van der Waals surface area contributed by atoms with Gasteiger partial charge in [0.2, 0.25) is 6.10 Å². The molecule has 0 spiro atoms. The van der Waals surface area contributed by atoms with Crippen LogP contribution in [-0.2, 0) is 21.0 Å². The van der Waals surface area contributed by atoms with E-state index in [4.69, 9.17) is 9.94 Å². The van der Waals surface area contributed by atoms with E-state index in [1.54, 1.807) is 12.1 Å². The first-order chi connectivity index (χ1) is 8.66. The SMILES string of the molecule is O=C(O)C1=NOC(C(=O)NCc2cccnn2)C1. The molecule has 1 aliphatic rings. The predicted molar refractivity (Wildman–Crippen MR) is 58.4 cm³/mol. The highest BCUT2D eigenvalue weighted by molar-refractivity contribution is 6.36. The number of carboxylic acid groups (broad SMARTS) is 1. The van der Waals surface area contributed by atoms with Gasteiger partial charge in [-0.15, -0.1) is 0 Å². The quantitative estimate of drug-likeness (QED) is 0.732. The molecular formula is C10H10N4O4. The first-order valence-electron chi connectivity index (χ1n) is 5.17. The molecular weight excluding hydrogens is 240 g/mol. The van der Waals surface area contributed by atoms with Crippen LogP contribution in [0, 0.1) is 0 Å². The zero-order valence-electron chi connectivity index (χ0n) is 9.24. The van der Waals surface area contributed by atoms with E-state index in [0.29, 0.717) is 5.69 Å². The van der Waals surface area contributed by atoms with Crippen molar-refractivity contribution >= 4 is 17.6 Å². The van der Waals surface area contributed by atoms with E-state index in [1.807, 2.05) is 0 Å². The first kappa shape index (κ1) is 12.0. The zero-order valence-corrected chi connectivity index (χ0v) is 9.24. The van der Waals surface area contributed by atoms with Gasteiger partial charge in [0, 0.05) is 12.6 Å². The Morgan fingerprint density at radius 2 is 2.39 bits per heavy atom. The molecule has 0 radical (unpaired) electrons. The number of carbonyl (C=O) groups excluding carboxylic acids is 1. The maximum Gasteiger partial charge on any atom is 0.353 e. The summed E-state index contributed by atoms with van der Waals surface area (Å²) in [6.45, 7) is 0.203. The Balaban J connectivity index is 1.82. The minimum Gasteiger partial charge on any atom is -0.477 e. The summed E-state index contributed by atoms with van der Waals surface area (Å²) >= 11 is 0. The molecule has 0 fully saturated rings. The lowest BCUT2D eigenvalue weighted by Crippen LogP contribution is -2.35. The second-order valence-corrected chi connectivity index (χ2v) is 3.57. The third kappa shape index (κ3) is 2.78. The molecule has 2 N–H and O–H groups in total. The van der Waals surface area contributed by atoms with E-state index < -0.39 is 18.0 Å². The van der Waals surface area contributed by atoms with E-state index in [0.717, 1.165) is 0 Å². The number of rotatable bonds is 4. The maximum atomic E-state index is 11.6. The highest BCUT2D eigenvalue weighted by Crippen LogP contribution is 2.10. The van der Waals surface area contributed by atoms with Gasteiger partial charge in [0.05, 0.1) is 12.2 Å². The van der Waals surface area contributed by atoms with Crippen LogP contribution in [0.4, 0.5) is 0 Å². The van der Waals surface area contributed by atoms with Crippen molar-refractivity contribution in [3.63, 3.8) is 0 Å². The topological polar surface area (TPSA) is 114 Å². The lowest BCUT2D eigenvalue weighted by atomic mass is 10.1. The van der Waals surface area contributed by atoms with Crippen LogP contribution >= 0.6 is 0 Å². The summed E-state index contributed by atoms with van der Waals surface area (Å²) in [6.07, 6.45) is 0.591. The monoisotopic (exact) mass is 250 g/mol. The average Bonchev–Trinajstić information content (AvgIpc) is 2.87. The van der Waals surface area contributed by atoms with E-state index >= 15 is 0 Å². The van der Waals surface area contributed by atoms with Crippen molar-refractivity contribution in [1.29, 1.82) is 0 Å². The van der Waals surface area contributed by atoms with Crippen LogP contribution in [-0.4, -0.2) is 39.0 Å². The molecule has 2 rings (SSSR count). The summed E-state index contributed by atoms with van der Waals surface area (Å²) in [6, 6.07) is 3.41. The van der Waals surface area contributed by atoms with Gasteiger partial charge in [-0.2, -0.15) is 10.2 Å². The van der Waals surface area contributed by atoms with E-state index in [1.165, 1.54) is 6.20 Å². The fourth-order valence-corrected chi connectivity index (χ4v) is 1.36. The van der Waals surface area contributed by atoms with Crippen LogP contribution in [0.2, 0.25) is 0 Å².